The van der Waals surface area contributed by atoms with Crippen molar-refractivity contribution in [2.75, 3.05) is 18.0 Å². The van der Waals surface area contributed by atoms with Gasteiger partial charge in [0.25, 0.3) is 0 Å². The summed E-state index contributed by atoms with van der Waals surface area (Å²) < 4.78 is 28.6. The Morgan fingerprint density at radius 2 is 1.71 bits per heavy atom. The van der Waals surface area contributed by atoms with Crippen LogP contribution in [0.2, 0.25) is 0 Å². The zero-order valence-corrected chi connectivity index (χ0v) is 12.7. The first-order chi connectivity index (χ1) is 10.2. The van der Waals surface area contributed by atoms with E-state index in [0.717, 1.165) is 32.4 Å². The first-order valence-electron chi connectivity index (χ1n) is 8.13. The number of hydrogen-bond acceptors (Lipinski definition) is 2. The van der Waals surface area contributed by atoms with E-state index in [1.165, 1.54) is 25.0 Å². The van der Waals surface area contributed by atoms with Crippen molar-refractivity contribution in [3.05, 3.63) is 29.3 Å². The van der Waals surface area contributed by atoms with Gasteiger partial charge in [-0.3, -0.25) is 0 Å². The molecular formula is C17H24F2N2. The Morgan fingerprint density at radius 3 is 2.24 bits per heavy atom. The van der Waals surface area contributed by atoms with Crippen molar-refractivity contribution in [3.63, 3.8) is 0 Å². The quantitative estimate of drug-likeness (QED) is 0.887. The summed E-state index contributed by atoms with van der Waals surface area (Å²) >= 11 is 0. The van der Waals surface area contributed by atoms with Crippen LogP contribution in [0.4, 0.5) is 14.5 Å². The van der Waals surface area contributed by atoms with Crippen LogP contribution < -0.4 is 10.2 Å². The van der Waals surface area contributed by atoms with Crippen LogP contribution in [0.3, 0.4) is 0 Å². The fourth-order valence-corrected chi connectivity index (χ4v) is 3.14. The maximum absolute atomic E-state index is 14.3. The van der Waals surface area contributed by atoms with Crippen LogP contribution in [0.25, 0.3) is 0 Å². The summed E-state index contributed by atoms with van der Waals surface area (Å²) in [7, 11) is 0. The number of piperidine rings is 1. The molecule has 0 unspecified atom stereocenters. The fourth-order valence-electron chi connectivity index (χ4n) is 3.14. The smallest absolute Gasteiger partial charge is 0.149 e. The minimum atomic E-state index is -0.419. The van der Waals surface area contributed by atoms with Crippen molar-refractivity contribution in [2.45, 2.75) is 51.6 Å². The van der Waals surface area contributed by atoms with Crippen molar-refractivity contribution in [2.24, 2.45) is 5.92 Å². The summed E-state index contributed by atoms with van der Waals surface area (Å²) in [5.74, 6) is -0.135. The van der Waals surface area contributed by atoms with Crippen molar-refractivity contribution in [3.8, 4) is 0 Å². The van der Waals surface area contributed by atoms with Crippen LogP contribution in [-0.2, 0) is 6.54 Å². The lowest BCUT2D eigenvalue weighted by atomic mass is 9.94. The average molecular weight is 294 g/mol. The molecule has 3 rings (SSSR count). The van der Waals surface area contributed by atoms with Crippen molar-refractivity contribution in [1.29, 1.82) is 0 Å². The van der Waals surface area contributed by atoms with Crippen molar-refractivity contribution >= 4 is 5.69 Å². The standard InChI is InChI=1S/C17H24F2N2/c1-2-12-5-7-21(8-6-12)17-15(18)9-13(10-16(17)19)11-20-14-3-4-14/h9-10,12,14,20H,2-8,11H2,1H3. The molecular weight excluding hydrogens is 270 g/mol. The highest BCUT2D eigenvalue weighted by Crippen LogP contribution is 2.30. The molecule has 1 heterocycles. The van der Waals surface area contributed by atoms with E-state index in [1.807, 2.05) is 4.90 Å². The zero-order chi connectivity index (χ0) is 14.8. The molecule has 2 aliphatic rings. The van der Waals surface area contributed by atoms with Gasteiger partial charge in [-0.15, -0.1) is 0 Å². The molecule has 0 amide bonds. The molecule has 21 heavy (non-hydrogen) atoms. The van der Waals surface area contributed by atoms with Gasteiger partial charge < -0.3 is 10.2 Å². The van der Waals surface area contributed by atoms with Crippen LogP contribution in [0.1, 0.15) is 44.6 Å². The fraction of sp³-hybridized carbons (Fsp3) is 0.647. The molecule has 1 N–H and O–H groups in total. The number of nitrogens with zero attached hydrogens (tertiary/aromatic N) is 1. The molecule has 0 spiro atoms. The van der Waals surface area contributed by atoms with Crippen LogP contribution >= 0.6 is 0 Å². The summed E-state index contributed by atoms with van der Waals surface area (Å²) in [6.07, 6.45) is 5.57. The SMILES string of the molecule is CCC1CCN(c2c(F)cc(CNC3CC3)cc2F)CC1. The predicted octanol–water partition coefficient (Wildman–Crippen LogP) is 3.84. The van der Waals surface area contributed by atoms with Gasteiger partial charge in [0.05, 0.1) is 0 Å². The minimum absolute atomic E-state index is 0.166. The molecule has 4 heteroatoms. The highest BCUT2D eigenvalue weighted by atomic mass is 19.1. The largest absolute Gasteiger partial charge is 0.367 e. The lowest BCUT2D eigenvalue weighted by Gasteiger charge is -2.33. The first kappa shape index (κ1) is 14.8. The van der Waals surface area contributed by atoms with Gasteiger partial charge >= 0.3 is 0 Å². The van der Waals surface area contributed by atoms with E-state index >= 15 is 0 Å². The Labute approximate surface area is 125 Å². The number of benzene rings is 1. The van der Waals surface area contributed by atoms with Gasteiger partial charge in [-0.1, -0.05) is 13.3 Å². The average Bonchev–Trinajstić information content (AvgIpc) is 3.29. The van der Waals surface area contributed by atoms with Crippen LogP contribution in [0.5, 0.6) is 0 Å². The maximum atomic E-state index is 14.3. The van der Waals surface area contributed by atoms with Crippen LogP contribution in [0.15, 0.2) is 12.1 Å². The number of nitrogens with one attached hydrogen (secondary N) is 1. The second kappa shape index (κ2) is 6.30. The van der Waals surface area contributed by atoms with Gasteiger partial charge in [0, 0.05) is 25.7 Å². The summed E-state index contributed by atoms with van der Waals surface area (Å²) in [5, 5.41) is 3.29. The minimum Gasteiger partial charge on any atom is -0.367 e. The lowest BCUT2D eigenvalue weighted by Crippen LogP contribution is -2.34. The monoisotopic (exact) mass is 294 g/mol. The van der Waals surface area contributed by atoms with Gasteiger partial charge in [-0.25, -0.2) is 8.78 Å². The van der Waals surface area contributed by atoms with Gasteiger partial charge in [0.2, 0.25) is 0 Å². The third-order valence-electron chi connectivity index (χ3n) is 4.76. The maximum Gasteiger partial charge on any atom is 0.149 e. The van der Waals surface area contributed by atoms with Gasteiger partial charge in [-0.2, -0.15) is 0 Å². The molecule has 0 radical (unpaired) electrons. The first-order valence-corrected chi connectivity index (χ1v) is 8.13. The lowest BCUT2D eigenvalue weighted by molar-refractivity contribution is 0.389. The van der Waals surface area contributed by atoms with E-state index in [-0.39, 0.29) is 5.69 Å². The molecule has 1 aromatic rings. The second-order valence-corrected chi connectivity index (χ2v) is 6.40. The third kappa shape index (κ3) is 3.54. The number of hydrogen-bond donors (Lipinski definition) is 1. The summed E-state index contributed by atoms with van der Waals surface area (Å²) in [6.45, 7) is 4.25. The van der Waals surface area contributed by atoms with Crippen molar-refractivity contribution in [1.82, 2.24) is 5.32 Å². The van der Waals surface area contributed by atoms with Gasteiger partial charge in [0.15, 0.2) is 0 Å². The van der Waals surface area contributed by atoms with E-state index in [9.17, 15) is 8.78 Å². The molecule has 0 atom stereocenters. The molecule has 1 aliphatic heterocycles. The predicted molar refractivity (Wildman–Crippen MR) is 81.4 cm³/mol. The Hall–Kier alpha value is -1.16. The molecule has 0 bridgehead atoms. The Kier molecular flexibility index (Phi) is 4.43. The summed E-state index contributed by atoms with van der Waals surface area (Å²) in [4.78, 5) is 1.87. The van der Waals surface area contributed by atoms with Crippen molar-refractivity contribution < 1.29 is 8.78 Å². The topological polar surface area (TPSA) is 15.3 Å². The molecule has 1 aliphatic carbocycles. The Balaban J connectivity index is 1.69. The second-order valence-electron chi connectivity index (χ2n) is 6.40. The van der Waals surface area contributed by atoms with E-state index in [1.54, 1.807) is 0 Å². The third-order valence-corrected chi connectivity index (χ3v) is 4.76. The number of rotatable bonds is 5. The van der Waals surface area contributed by atoms with Gasteiger partial charge in [-0.05, 0) is 49.3 Å². The van der Waals surface area contributed by atoms with E-state index < -0.39 is 11.6 Å². The molecule has 0 aromatic heterocycles. The Morgan fingerprint density at radius 1 is 1.10 bits per heavy atom. The normalized spacial score (nSPS) is 20.0. The molecule has 1 aromatic carbocycles. The molecule has 1 saturated heterocycles. The molecule has 2 nitrogen and oxygen atoms in total. The van der Waals surface area contributed by atoms with E-state index in [0.29, 0.717) is 24.1 Å². The van der Waals surface area contributed by atoms with E-state index in [2.05, 4.69) is 12.2 Å². The zero-order valence-electron chi connectivity index (χ0n) is 12.7. The van der Waals surface area contributed by atoms with Crippen LogP contribution in [0, 0.1) is 17.6 Å². The molecule has 116 valence electrons. The Bertz CT molecular complexity index is 469. The summed E-state index contributed by atoms with van der Waals surface area (Å²) in [5.41, 5.74) is 0.865. The highest BCUT2D eigenvalue weighted by molar-refractivity contribution is 5.51. The highest BCUT2D eigenvalue weighted by Gasteiger charge is 2.24. The van der Waals surface area contributed by atoms with Crippen LogP contribution in [-0.4, -0.2) is 19.1 Å². The summed E-state index contributed by atoms with van der Waals surface area (Å²) in [6, 6.07) is 3.52. The van der Waals surface area contributed by atoms with E-state index in [4.69, 9.17) is 0 Å². The number of anilines is 1. The number of halogens is 2. The van der Waals surface area contributed by atoms with Gasteiger partial charge in [0.1, 0.15) is 17.3 Å². The molecule has 1 saturated carbocycles. The molecule has 2 fully saturated rings.